The Morgan fingerprint density at radius 2 is 2.00 bits per heavy atom. The first-order valence-electron chi connectivity index (χ1n) is 4.73. The minimum atomic E-state index is -0.465. The van der Waals surface area contributed by atoms with Crippen molar-refractivity contribution in [2.45, 2.75) is 13.8 Å². The van der Waals surface area contributed by atoms with E-state index in [2.05, 4.69) is 5.32 Å². The smallest absolute Gasteiger partial charge is 0.410 e. The van der Waals surface area contributed by atoms with Gasteiger partial charge >= 0.3 is 6.09 Å². The number of aryl methyl sites for hydroxylation is 2. The molecule has 1 aromatic carbocycles. The molecule has 4 heteroatoms. The normalized spacial score (nSPS) is 9.80. The highest BCUT2D eigenvalue weighted by Gasteiger charge is 2.08. The number of hydrogen-bond acceptors (Lipinski definition) is 2. The molecule has 15 heavy (non-hydrogen) atoms. The maximum Gasteiger partial charge on any atom is 0.412 e. The van der Waals surface area contributed by atoms with Gasteiger partial charge in [-0.3, -0.25) is 0 Å². The number of nitrogens with one attached hydrogen (secondary N) is 1. The van der Waals surface area contributed by atoms with Crippen molar-refractivity contribution in [3.05, 3.63) is 29.3 Å². The number of carbonyl (C=O) groups excluding carboxylic acids is 1. The molecule has 1 aromatic rings. The van der Waals surface area contributed by atoms with E-state index in [9.17, 15) is 4.79 Å². The van der Waals surface area contributed by atoms with Crippen LogP contribution in [0, 0.1) is 13.8 Å². The maximum atomic E-state index is 11.3. The van der Waals surface area contributed by atoms with Crippen molar-refractivity contribution in [2.75, 3.05) is 12.4 Å². The van der Waals surface area contributed by atoms with E-state index < -0.39 is 6.09 Å². The Balaban J connectivity index is 2.68. The quantitative estimate of drug-likeness (QED) is 0.807. The second kappa shape index (κ2) is 5.61. The van der Waals surface area contributed by atoms with Crippen LogP contribution in [0.5, 0.6) is 5.75 Å². The molecule has 0 heterocycles. The average Bonchev–Trinajstić information content (AvgIpc) is 2.21. The van der Waals surface area contributed by atoms with E-state index in [-0.39, 0.29) is 0 Å². The van der Waals surface area contributed by atoms with Gasteiger partial charge in [0, 0.05) is 12.4 Å². The largest absolute Gasteiger partial charge is 0.412 e. The Kier molecular flexibility index (Phi) is 4.43. The van der Waals surface area contributed by atoms with Crippen molar-refractivity contribution >= 4 is 17.7 Å². The van der Waals surface area contributed by atoms with E-state index in [1.54, 1.807) is 0 Å². The number of alkyl halides is 1. The summed E-state index contributed by atoms with van der Waals surface area (Å²) in [5, 5.41) is 2.54. The molecule has 0 fully saturated rings. The van der Waals surface area contributed by atoms with Gasteiger partial charge in [0.05, 0.1) is 0 Å². The summed E-state index contributed by atoms with van der Waals surface area (Å²) >= 11 is 5.44. The van der Waals surface area contributed by atoms with Crippen LogP contribution in [-0.4, -0.2) is 18.5 Å². The average molecular weight is 228 g/mol. The lowest BCUT2D eigenvalue weighted by atomic mass is 10.1. The Morgan fingerprint density at radius 3 is 2.53 bits per heavy atom. The van der Waals surface area contributed by atoms with Crippen LogP contribution in [-0.2, 0) is 0 Å². The molecule has 1 N–H and O–H groups in total. The summed E-state index contributed by atoms with van der Waals surface area (Å²) in [7, 11) is 0. The van der Waals surface area contributed by atoms with Crippen molar-refractivity contribution in [3.63, 3.8) is 0 Å². The number of amides is 1. The van der Waals surface area contributed by atoms with Gasteiger partial charge in [0.1, 0.15) is 5.75 Å². The van der Waals surface area contributed by atoms with Crippen LogP contribution in [0.1, 0.15) is 11.1 Å². The second-order valence-electron chi connectivity index (χ2n) is 3.23. The highest BCUT2D eigenvalue weighted by atomic mass is 35.5. The van der Waals surface area contributed by atoms with Crippen LogP contribution in [0.25, 0.3) is 0 Å². The van der Waals surface area contributed by atoms with E-state index in [4.69, 9.17) is 16.3 Å². The summed E-state index contributed by atoms with van der Waals surface area (Å²) in [6, 6.07) is 5.72. The van der Waals surface area contributed by atoms with E-state index in [0.717, 1.165) is 11.1 Å². The molecular formula is C11H14ClNO2. The van der Waals surface area contributed by atoms with Crippen molar-refractivity contribution < 1.29 is 9.53 Å². The fraction of sp³-hybridized carbons (Fsp3) is 0.364. The Hall–Kier alpha value is -1.22. The fourth-order valence-corrected chi connectivity index (χ4v) is 1.33. The Morgan fingerprint density at radius 1 is 1.40 bits per heavy atom. The number of carbonyl (C=O) groups is 1. The minimum Gasteiger partial charge on any atom is -0.410 e. The zero-order chi connectivity index (χ0) is 11.3. The molecule has 0 saturated heterocycles. The van der Waals surface area contributed by atoms with Crippen LogP contribution in [0.2, 0.25) is 0 Å². The van der Waals surface area contributed by atoms with Gasteiger partial charge in [0.2, 0.25) is 0 Å². The molecule has 1 amide bonds. The molecule has 3 nitrogen and oxygen atoms in total. The third-order valence-corrected chi connectivity index (χ3v) is 2.16. The molecule has 0 saturated carbocycles. The predicted molar refractivity (Wildman–Crippen MR) is 60.7 cm³/mol. The third-order valence-electron chi connectivity index (χ3n) is 1.97. The Bertz CT molecular complexity index is 332. The standard InChI is InChI=1S/C11H14ClNO2/c1-8-4-3-5-9(2)10(8)15-11(14)13-7-6-12/h3-5H,6-7H2,1-2H3,(H,13,14). The van der Waals surface area contributed by atoms with Crippen LogP contribution in [0.3, 0.4) is 0 Å². The molecule has 0 radical (unpaired) electrons. The number of hydrogen-bond donors (Lipinski definition) is 1. The van der Waals surface area contributed by atoms with Gasteiger partial charge < -0.3 is 10.1 Å². The van der Waals surface area contributed by atoms with E-state index >= 15 is 0 Å². The SMILES string of the molecule is Cc1cccc(C)c1OC(=O)NCCCl. The van der Waals surface area contributed by atoms with Crippen LogP contribution < -0.4 is 10.1 Å². The van der Waals surface area contributed by atoms with E-state index in [1.165, 1.54) is 0 Å². The molecular weight excluding hydrogens is 214 g/mol. The fourth-order valence-electron chi connectivity index (χ4n) is 1.24. The van der Waals surface area contributed by atoms with Gasteiger partial charge in [0.25, 0.3) is 0 Å². The monoisotopic (exact) mass is 227 g/mol. The third kappa shape index (κ3) is 3.44. The molecule has 0 aromatic heterocycles. The first-order chi connectivity index (χ1) is 7.15. The minimum absolute atomic E-state index is 0.377. The molecule has 0 aliphatic carbocycles. The van der Waals surface area contributed by atoms with Gasteiger partial charge in [-0.05, 0) is 25.0 Å². The molecule has 0 unspecified atom stereocenters. The predicted octanol–water partition coefficient (Wildman–Crippen LogP) is 2.63. The summed E-state index contributed by atoms with van der Waals surface area (Å²) in [6.45, 7) is 4.21. The summed E-state index contributed by atoms with van der Waals surface area (Å²) in [4.78, 5) is 11.3. The first-order valence-corrected chi connectivity index (χ1v) is 5.26. The van der Waals surface area contributed by atoms with Crippen molar-refractivity contribution in [1.29, 1.82) is 0 Å². The number of para-hydroxylation sites is 1. The highest BCUT2D eigenvalue weighted by Crippen LogP contribution is 2.22. The number of rotatable bonds is 3. The molecule has 0 aliphatic rings. The zero-order valence-electron chi connectivity index (χ0n) is 8.84. The lowest BCUT2D eigenvalue weighted by molar-refractivity contribution is 0.200. The molecule has 82 valence electrons. The molecule has 0 atom stereocenters. The lowest BCUT2D eigenvalue weighted by Gasteiger charge is -2.10. The molecule has 1 rings (SSSR count). The highest BCUT2D eigenvalue weighted by molar-refractivity contribution is 6.18. The second-order valence-corrected chi connectivity index (χ2v) is 3.60. The van der Waals surface area contributed by atoms with Crippen LogP contribution in [0.4, 0.5) is 4.79 Å². The van der Waals surface area contributed by atoms with E-state index in [1.807, 2.05) is 32.0 Å². The Labute approximate surface area is 94.4 Å². The summed E-state index contributed by atoms with van der Waals surface area (Å²) in [5.41, 5.74) is 1.88. The molecule has 0 spiro atoms. The van der Waals surface area contributed by atoms with Gasteiger partial charge in [-0.1, -0.05) is 18.2 Å². The first kappa shape index (κ1) is 11.9. The van der Waals surface area contributed by atoms with Crippen molar-refractivity contribution in [3.8, 4) is 5.75 Å². The van der Waals surface area contributed by atoms with Gasteiger partial charge in [-0.15, -0.1) is 11.6 Å². The van der Waals surface area contributed by atoms with Gasteiger partial charge in [-0.25, -0.2) is 4.79 Å². The van der Waals surface area contributed by atoms with Gasteiger partial charge in [0.15, 0.2) is 0 Å². The number of ether oxygens (including phenoxy) is 1. The lowest BCUT2D eigenvalue weighted by Crippen LogP contribution is -2.28. The number of benzene rings is 1. The summed E-state index contributed by atoms with van der Waals surface area (Å²) < 4.78 is 5.17. The van der Waals surface area contributed by atoms with Crippen molar-refractivity contribution in [2.24, 2.45) is 0 Å². The topological polar surface area (TPSA) is 38.3 Å². The number of halogens is 1. The van der Waals surface area contributed by atoms with Gasteiger partial charge in [-0.2, -0.15) is 0 Å². The molecule has 0 aliphatic heterocycles. The zero-order valence-corrected chi connectivity index (χ0v) is 9.60. The summed E-state index contributed by atoms with van der Waals surface area (Å²) in [5.74, 6) is 0.992. The van der Waals surface area contributed by atoms with Crippen molar-refractivity contribution in [1.82, 2.24) is 5.32 Å². The maximum absolute atomic E-state index is 11.3. The summed E-state index contributed by atoms with van der Waals surface area (Å²) in [6.07, 6.45) is -0.465. The van der Waals surface area contributed by atoms with Crippen LogP contribution >= 0.6 is 11.6 Å². The van der Waals surface area contributed by atoms with E-state index in [0.29, 0.717) is 18.2 Å². The molecule has 0 bridgehead atoms. The van der Waals surface area contributed by atoms with Crippen LogP contribution in [0.15, 0.2) is 18.2 Å².